The van der Waals surface area contributed by atoms with Crippen molar-refractivity contribution in [2.24, 2.45) is 0 Å². The number of carbonyl (C=O) groups is 1. The Labute approximate surface area is 114 Å². The van der Waals surface area contributed by atoms with E-state index in [4.69, 9.17) is 9.84 Å². The lowest BCUT2D eigenvalue weighted by molar-refractivity contribution is -0.120. The van der Waals surface area contributed by atoms with Gasteiger partial charge in [-0.2, -0.15) is 0 Å². The molecule has 2 N–H and O–H groups in total. The Hall–Kier alpha value is -1.39. The topological polar surface area (TPSA) is 58.6 Å². The molecule has 0 aliphatic carbocycles. The molecule has 4 heteroatoms. The van der Waals surface area contributed by atoms with Crippen LogP contribution < -0.4 is 5.32 Å². The van der Waals surface area contributed by atoms with Crippen molar-refractivity contribution in [2.45, 2.75) is 26.7 Å². The van der Waals surface area contributed by atoms with Crippen LogP contribution in [0, 0.1) is 13.8 Å². The van der Waals surface area contributed by atoms with E-state index in [1.165, 1.54) is 5.56 Å². The normalized spacial score (nSPS) is 10.5. The molecule has 0 fully saturated rings. The van der Waals surface area contributed by atoms with Gasteiger partial charge in [0.25, 0.3) is 0 Å². The lowest BCUT2D eigenvalue weighted by atomic mass is 10.0. The van der Waals surface area contributed by atoms with Crippen LogP contribution in [0.25, 0.3) is 0 Å². The van der Waals surface area contributed by atoms with Gasteiger partial charge in [0.15, 0.2) is 0 Å². The van der Waals surface area contributed by atoms with Crippen molar-refractivity contribution in [3.63, 3.8) is 0 Å². The van der Waals surface area contributed by atoms with E-state index in [0.29, 0.717) is 26.2 Å². The Kier molecular flexibility index (Phi) is 7.15. The van der Waals surface area contributed by atoms with Gasteiger partial charge in [0.05, 0.1) is 19.6 Å². The average molecular weight is 265 g/mol. The van der Waals surface area contributed by atoms with Crippen LogP contribution in [-0.4, -0.2) is 37.4 Å². The van der Waals surface area contributed by atoms with Gasteiger partial charge in [0.1, 0.15) is 0 Å². The summed E-state index contributed by atoms with van der Waals surface area (Å²) >= 11 is 0. The van der Waals surface area contributed by atoms with Crippen molar-refractivity contribution in [3.05, 3.63) is 34.9 Å². The fourth-order valence-electron chi connectivity index (χ4n) is 1.79. The minimum absolute atomic E-state index is 0.0378. The maximum absolute atomic E-state index is 11.8. The number of aliphatic hydroxyl groups excluding tert-OH is 1. The van der Waals surface area contributed by atoms with Gasteiger partial charge in [-0.15, -0.1) is 0 Å². The van der Waals surface area contributed by atoms with E-state index in [0.717, 1.165) is 17.5 Å². The summed E-state index contributed by atoms with van der Waals surface area (Å²) < 4.78 is 5.12. The van der Waals surface area contributed by atoms with Crippen molar-refractivity contribution in [3.8, 4) is 0 Å². The molecule has 0 spiro atoms. The highest BCUT2D eigenvalue weighted by Crippen LogP contribution is 2.11. The zero-order valence-corrected chi connectivity index (χ0v) is 11.7. The second-order valence-corrected chi connectivity index (χ2v) is 4.65. The van der Waals surface area contributed by atoms with Crippen LogP contribution in [0.15, 0.2) is 18.2 Å². The average Bonchev–Trinajstić information content (AvgIpc) is 2.38. The molecule has 106 valence electrons. The molecule has 0 aromatic heterocycles. The molecule has 0 saturated carbocycles. The van der Waals surface area contributed by atoms with Crippen molar-refractivity contribution in [1.29, 1.82) is 0 Å². The quantitative estimate of drug-likeness (QED) is 0.698. The fraction of sp³-hybridized carbons (Fsp3) is 0.533. The minimum atomic E-state index is 0.0378. The summed E-state index contributed by atoms with van der Waals surface area (Å²) in [5, 5.41) is 11.4. The first-order valence-corrected chi connectivity index (χ1v) is 6.65. The molecule has 0 unspecified atom stereocenters. The van der Waals surface area contributed by atoms with Crippen LogP contribution in [0.4, 0.5) is 0 Å². The van der Waals surface area contributed by atoms with E-state index in [1.807, 2.05) is 19.9 Å². The predicted molar refractivity (Wildman–Crippen MR) is 75.2 cm³/mol. The number of benzene rings is 1. The highest BCUT2D eigenvalue weighted by molar-refractivity contribution is 5.78. The van der Waals surface area contributed by atoms with E-state index < -0.39 is 0 Å². The number of nitrogens with one attached hydrogen (secondary N) is 1. The molecule has 0 bridgehead atoms. The second-order valence-electron chi connectivity index (χ2n) is 4.65. The van der Waals surface area contributed by atoms with Crippen LogP contribution in [-0.2, 0) is 16.0 Å². The molecule has 0 aliphatic heterocycles. The molecule has 4 nitrogen and oxygen atoms in total. The lowest BCUT2D eigenvalue weighted by Crippen LogP contribution is -2.27. The van der Waals surface area contributed by atoms with E-state index in [-0.39, 0.29) is 12.5 Å². The van der Waals surface area contributed by atoms with Crippen LogP contribution in [0.5, 0.6) is 0 Å². The van der Waals surface area contributed by atoms with Crippen LogP contribution >= 0.6 is 0 Å². The van der Waals surface area contributed by atoms with Crippen LogP contribution in [0.2, 0.25) is 0 Å². The van der Waals surface area contributed by atoms with Gasteiger partial charge in [-0.3, -0.25) is 4.79 Å². The Balaban J connectivity index is 2.25. The van der Waals surface area contributed by atoms with Crippen LogP contribution in [0.3, 0.4) is 0 Å². The van der Waals surface area contributed by atoms with E-state index >= 15 is 0 Å². The van der Waals surface area contributed by atoms with E-state index in [2.05, 4.69) is 17.4 Å². The molecule has 1 aromatic carbocycles. The first kappa shape index (κ1) is 15.7. The third-order valence-electron chi connectivity index (χ3n) is 2.88. The maximum atomic E-state index is 11.8. The SMILES string of the molecule is Cc1ccc(C)c(CC(=O)NCCCOCCO)c1. The molecule has 1 rings (SSSR count). The molecule has 0 heterocycles. The number of aryl methyl sites for hydroxylation is 2. The zero-order chi connectivity index (χ0) is 14.1. The number of hydrogen-bond acceptors (Lipinski definition) is 3. The molecule has 1 amide bonds. The van der Waals surface area contributed by atoms with Gasteiger partial charge >= 0.3 is 0 Å². The zero-order valence-electron chi connectivity index (χ0n) is 11.7. The Bertz CT molecular complexity index is 404. The molecule has 0 atom stereocenters. The second kappa shape index (κ2) is 8.67. The summed E-state index contributed by atoms with van der Waals surface area (Å²) in [5.74, 6) is 0.0378. The van der Waals surface area contributed by atoms with E-state index in [9.17, 15) is 4.79 Å². The largest absolute Gasteiger partial charge is 0.394 e. The number of ether oxygens (including phenoxy) is 1. The molecule has 0 aliphatic rings. The summed E-state index contributed by atoms with van der Waals surface area (Å²) in [6, 6.07) is 6.15. The Morgan fingerprint density at radius 3 is 2.84 bits per heavy atom. The van der Waals surface area contributed by atoms with E-state index in [1.54, 1.807) is 0 Å². The van der Waals surface area contributed by atoms with Crippen LogP contribution in [0.1, 0.15) is 23.1 Å². The predicted octanol–water partition coefficient (Wildman–Crippen LogP) is 1.36. The number of rotatable bonds is 8. The molecule has 0 saturated heterocycles. The maximum Gasteiger partial charge on any atom is 0.224 e. The van der Waals surface area contributed by atoms with Crippen molar-refractivity contribution >= 4 is 5.91 Å². The molecule has 0 radical (unpaired) electrons. The molecule has 19 heavy (non-hydrogen) atoms. The smallest absolute Gasteiger partial charge is 0.224 e. The third-order valence-corrected chi connectivity index (χ3v) is 2.88. The van der Waals surface area contributed by atoms with Gasteiger partial charge in [0, 0.05) is 13.2 Å². The summed E-state index contributed by atoms with van der Waals surface area (Å²) in [6.45, 7) is 5.61. The summed E-state index contributed by atoms with van der Waals surface area (Å²) in [4.78, 5) is 11.8. The fourth-order valence-corrected chi connectivity index (χ4v) is 1.79. The minimum Gasteiger partial charge on any atom is -0.394 e. The summed E-state index contributed by atoms with van der Waals surface area (Å²) in [5.41, 5.74) is 3.40. The molecular formula is C15H23NO3. The van der Waals surface area contributed by atoms with Crippen molar-refractivity contribution in [1.82, 2.24) is 5.32 Å². The van der Waals surface area contributed by atoms with Gasteiger partial charge in [-0.05, 0) is 31.4 Å². The Morgan fingerprint density at radius 2 is 2.11 bits per heavy atom. The highest BCUT2D eigenvalue weighted by Gasteiger charge is 2.05. The lowest BCUT2D eigenvalue weighted by Gasteiger charge is -2.08. The van der Waals surface area contributed by atoms with Gasteiger partial charge in [0.2, 0.25) is 5.91 Å². The molecular weight excluding hydrogens is 242 g/mol. The van der Waals surface area contributed by atoms with Gasteiger partial charge in [-0.1, -0.05) is 23.8 Å². The first-order valence-electron chi connectivity index (χ1n) is 6.65. The molecule has 1 aromatic rings. The number of carbonyl (C=O) groups excluding carboxylic acids is 1. The third kappa shape index (κ3) is 6.36. The number of aliphatic hydroxyl groups is 1. The summed E-state index contributed by atoms with van der Waals surface area (Å²) in [6.07, 6.45) is 1.18. The number of amides is 1. The summed E-state index contributed by atoms with van der Waals surface area (Å²) in [7, 11) is 0. The van der Waals surface area contributed by atoms with Crippen molar-refractivity contribution in [2.75, 3.05) is 26.4 Å². The number of hydrogen-bond donors (Lipinski definition) is 2. The Morgan fingerprint density at radius 1 is 1.32 bits per heavy atom. The standard InChI is InChI=1S/C15H23NO3/c1-12-4-5-13(2)14(10-12)11-15(18)16-6-3-8-19-9-7-17/h4-5,10,17H,3,6-9,11H2,1-2H3,(H,16,18). The highest BCUT2D eigenvalue weighted by atomic mass is 16.5. The first-order chi connectivity index (χ1) is 9.13. The monoisotopic (exact) mass is 265 g/mol. The van der Waals surface area contributed by atoms with Gasteiger partial charge in [-0.25, -0.2) is 0 Å². The van der Waals surface area contributed by atoms with Crippen molar-refractivity contribution < 1.29 is 14.6 Å². The van der Waals surface area contributed by atoms with Gasteiger partial charge < -0.3 is 15.2 Å².